The third-order valence-corrected chi connectivity index (χ3v) is 9.13. The molecule has 1 nitrogen and oxygen atoms in total. The average Bonchev–Trinajstić information content (AvgIpc) is 2.36. The molecule has 1 fully saturated rings. The quantitative estimate of drug-likeness (QED) is 0.756. The smallest absolute Gasteiger partial charge is 0.0856 e. The van der Waals surface area contributed by atoms with E-state index in [1.807, 2.05) is 6.07 Å². The molecule has 3 rings (SSSR count). The van der Waals surface area contributed by atoms with Gasteiger partial charge < -0.3 is 0 Å². The van der Waals surface area contributed by atoms with Gasteiger partial charge in [0.1, 0.15) is 0 Å². The van der Waals surface area contributed by atoms with Crippen LogP contribution in [0.25, 0.3) is 11.3 Å². The van der Waals surface area contributed by atoms with Gasteiger partial charge in [-0.1, -0.05) is 59.2 Å². The number of pyridine rings is 1. The van der Waals surface area contributed by atoms with Crippen molar-refractivity contribution in [3.63, 3.8) is 0 Å². The van der Waals surface area contributed by atoms with Gasteiger partial charge in [-0.3, -0.25) is 4.98 Å². The van der Waals surface area contributed by atoms with Gasteiger partial charge in [0.05, 0.1) is 13.8 Å². The number of nitrogens with zero attached hydrogens (tertiary/aromatic N) is 1. The van der Waals surface area contributed by atoms with Crippen LogP contribution in [0.5, 0.6) is 0 Å². The Morgan fingerprint density at radius 2 is 2.00 bits per heavy atom. The van der Waals surface area contributed by atoms with Crippen LogP contribution in [0, 0.1) is 0 Å². The average molecular weight is 318 g/mol. The summed E-state index contributed by atoms with van der Waals surface area (Å²) in [6.45, 7) is 2.48. The highest BCUT2D eigenvalue weighted by Crippen LogP contribution is 2.31. The van der Waals surface area contributed by atoms with Gasteiger partial charge >= 0.3 is 0 Å². The molecule has 92 valence electrons. The molecule has 0 bridgehead atoms. The van der Waals surface area contributed by atoms with Crippen molar-refractivity contribution in [1.29, 1.82) is 0 Å². The number of hydrogen-bond acceptors (Lipinski definition) is 1. The lowest BCUT2D eigenvalue weighted by atomic mass is 10.1. The van der Waals surface area contributed by atoms with E-state index in [1.54, 1.807) is 0 Å². The van der Waals surface area contributed by atoms with Crippen LogP contribution in [0.4, 0.5) is 0 Å². The van der Waals surface area contributed by atoms with Crippen molar-refractivity contribution in [2.24, 2.45) is 0 Å². The summed E-state index contributed by atoms with van der Waals surface area (Å²) in [6, 6.07) is 15.7. The van der Waals surface area contributed by atoms with Gasteiger partial charge in [0.25, 0.3) is 0 Å². The molecule has 3 heteroatoms. The Labute approximate surface area is 117 Å². The second-order valence-electron chi connectivity index (χ2n) is 5.36. The minimum Gasteiger partial charge on any atom is -0.256 e. The number of hydrogen-bond donors (Lipinski definition) is 0. The summed E-state index contributed by atoms with van der Waals surface area (Å²) < 4.78 is 1.10. The third-order valence-electron chi connectivity index (χ3n) is 4.04. The fourth-order valence-electron chi connectivity index (χ4n) is 2.57. The van der Waals surface area contributed by atoms with Crippen molar-refractivity contribution < 1.29 is 0 Å². The van der Waals surface area contributed by atoms with E-state index in [9.17, 15) is 0 Å². The van der Waals surface area contributed by atoms with E-state index < -0.39 is 8.07 Å². The maximum Gasteiger partial charge on any atom is 0.0856 e. The van der Waals surface area contributed by atoms with Gasteiger partial charge in [-0.15, -0.1) is 0 Å². The summed E-state index contributed by atoms with van der Waals surface area (Å²) in [4.78, 5) is 4.65. The molecule has 1 aromatic carbocycles. The van der Waals surface area contributed by atoms with Gasteiger partial charge in [-0.05, 0) is 23.4 Å². The monoisotopic (exact) mass is 317 g/mol. The van der Waals surface area contributed by atoms with Crippen LogP contribution >= 0.6 is 15.9 Å². The van der Waals surface area contributed by atoms with E-state index >= 15 is 0 Å². The molecule has 1 saturated heterocycles. The van der Waals surface area contributed by atoms with E-state index in [0.29, 0.717) is 0 Å². The first kappa shape index (κ1) is 12.1. The number of benzene rings is 1. The predicted octanol–water partition coefficient (Wildman–Crippen LogP) is 4.20. The summed E-state index contributed by atoms with van der Waals surface area (Å²) in [5, 5.41) is 1.52. The van der Waals surface area contributed by atoms with Crippen LogP contribution in [0.3, 0.4) is 0 Å². The summed E-state index contributed by atoms with van der Waals surface area (Å²) in [7, 11) is -1.08. The largest absolute Gasteiger partial charge is 0.256 e. The number of halogens is 1. The SMILES string of the molecule is C[Si]1(c2ccc(-c3cccc(Br)c3)nc2)CCC1. The van der Waals surface area contributed by atoms with Crippen LogP contribution < -0.4 is 5.19 Å². The summed E-state index contributed by atoms with van der Waals surface area (Å²) in [6.07, 6.45) is 3.53. The highest BCUT2D eigenvalue weighted by molar-refractivity contribution is 9.10. The van der Waals surface area contributed by atoms with Crippen molar-refractivity contribution in [2.75, 3.05) is 0 Å². The molecule has 0 unspecified atom stereocenters. The zero-order valence-electron chi connectivity index (χ0n) is 10.5. The van der Waals surface area contributed by atoms with Gasteiger partial charge in [0.15, 0.2) is 0 Å². The Hall–Kier alpha value is -0.933. The molecule has 0 N–H and O–H groups in total. The standard InChI is InChI=1S/C15H16BrNSi/c1-18(8-3-9-18)14-6-7-15(17-11-14)12-4-2-5-13(16)10-12/h2,4-7,10-11H,3,8-9H2,1H3. The molecule has 1 aliphatic rings. The van der Waals surface area contributed by atoms with E-state index in [4.69, 9.17) is 0 Å². The first-order valence-corrected chi connectivity index (χ1v) is 10.1. The van der Waals surface area contributed by atoms with E-state index in [-0.39, 0.29) is 0 Å². The molecule has 0 saturated carbocycles. The van der Waals surface area contributed by atoms with Crippen molar-refractivity contribution in [3.8, 4) is 11.3 Å². The van der Waals surface area contributed by atoms with Gasteiger partial charge in [-0.25, -0.2) is 0 Å². The second kappa shape index (κ2) is 4.63. The zero-order chi connectivity index (χ0) is 12.6. The van der Waals surface area contributed by atoms with Crippen LogP contribution in [0.1, 0.15) is 6.42 Å². The maximum atomic E-state index is 4.65. The third kappa shape index (κ3) is 2.17. The Balaban J connectivity index is 1.91. The molecule has 18 heavy (non-hydrogen) atoms. The molecular formula is C15H16BrNSi. The van der Waals surface area contributed by atoms with Crippen molar-refractivity contribution >= 4 is 29.2 Å². The summed E-state index contributed by atoms with van der Waals surface area (Å²) in [5.41, 5.74) is 2.24. The van der Waals surface area contributed by atoms with Crippen LogP contribution in [0.2, 0.25) is 18.6 Å². The lowest BCUT2D eigenvalue weighted by molar-refractivity contribution is 0.916. The molecule has 0 radical (unpaired) electrons. The zero-order valence-corrected chi connectivity index (χ0v) is 13.1. The van der Waals surface area contributed by atoms with Crippen LogP contribution in [-0.4, -0.2) is 13.1 Å². The van der Waals surface area contributed by atoms with Crippen molar-refractivity contribution in [2.45, 2.75) is 25.1 Å². The normalized spacial score (nSPS) is 17.2. The highest BCUT2D eigenvalue weighted by Gasteiger charge is 2.36. The Bertz CT molecular complexity index is 561. The molecule has 0 atom stereocenters. The van der Waals surface area contributed by atoms with Crippen molar-refractivity contribution in [1.82, 2.24) is 4.98 Å². The molecule has 1 aromatic heterocycles. The first-order chi connectivity index (χ1) is 8.67. The van der Waals surface area contributed by atoms with E-state index in [1.165, 1.54) is 29.3 Å². The predicted molar refractivity (Wildman–Crippen MR) is 82.9 cm³/mol. The topological polar surface area (TPSA) is 12.9 Å². The second-order valence-corrected chi connectivity index (χ2v) is 11.0. The van der Waals surface area contributed by atoms with Crippen LogP contribution in [0.15, 0.2) is 47.1 Å². The Kier molecular flexibility index (Phi) is 3.12. The molecule has 0 spiro atoms. The summed E-state index contributed by atoms with van der Waals surface area (Å²) >= 11 is 3.51. The fraction of sp³-hybridized carbons (Fsp3) is 0.267. The minimum absolute atomic E-state index is 1.07. The number of aromatic nitrogens is 1. The first-order valence-electron chi connectivity index (χ1n) is 6.40. The van der Waals surface area contributed by atoms with E-state index in [2.05, 4.69) is 64.0 Å². The fourth-order valence-corrected chi connectivity index (χ4v) is 5.82. The molecule has 2 heterocycles. The maximum absolute atomic E-state index is 4.65. The number of rotatable bonds is 2. The Morgan fingerprint density at radius 3 is 2.56 bits per heavy atom. The van der Waals surface area contributed by atoms with Gasteiger partial charge in [-0.2, -0.15) is 0 Å². The Morgan fingerprint density at radius 1 is 1.17 bits per heavy atom. The molecule has 0 aliphatic carbocycles. The lowest BCUT2D eigenvalue weighted by Crippen LogP contribution is -2.50. The van der Waals surface area contributed by atoms with Gasteiger partial charge in [0, 0.05) is 16.2 Å². The van der Waals surface area contributed by atoms with Crippen molar-refractivity contribution in [3.05, 3.63) is 47.1 Å². The van der Waals surface area contributed by atoms with Crippen LogP contribution in [-0.2, 0) is 0 Å². The lowest BCUT2D eigenvalue weighted by Gasteiger charge is -2.36. The minimum atomic E-state index is -1.08. The highest BCUT2D eigenvalue weighted by atomic mass is 79.9. The van der Waals surface area contributed by atoms with E-state index in [0.717, 1.165) is 10.2 Å². The molecule has 1 aliphatic heterocycles. The molecular weight excluding hydrogens is 302 g/mol. The molecule has 0 amide bonds. The summed E-state index contributed by atoms with van der Waals surface area (Å²) in [5.74, 6) is 0. The van der Waals surface area contributed by atoms with Gasteiger partial charge in [0.2, 0.25) is 0 Å². The molecule has 2 aromatic rings.